The average molecular weight is 316 g/mol. The Morgan fingerprint density at radius 1 is 1.26 bits per heavy atom. The van der Waals surface area contributed by atoms with Crippen LogP contribution in [0.3, 0.4) is 0 Å². The predicted octanol–water partition coefficient (Wildman–Crippen LogP) is 2.22. The third kappa shape index (κ3) is 3.78. The number of para-hydroxylation sites is 1. The second-order valence-corrected chi connectivity index (χ2v) is 5.91. The van der Waals surface area contributed by atoms with E-state index in [9.17, 15) is 4.79 Å². The van der Waals surface area contributed by atoms with Gasteiger partial charge in [0.15, 0.2) is 0 Å². The van der Waals surface area contributed by atoms with Crippen molar-refractivity contribution in [2.75, 3.05) is 37.7 Å². The number of anilines is 1. The maximum absolute atomic E-state index is 12.1. The molecular formula is C18H24N2O3. The van der Waals surface area contributed by atoms with E-state index in [4.69, 9.17) is 9.47 Å². The fraction of sp³-hybridized carbons (Fsp3) is 0.500. The van der Waals surface area contributed by atoms with Crippen molar-refractivity contribution in [3.63, 3.8) is 0 Å². The number of hydrogen-bond donors (Lipinski definition) is 1. The van der Waals surface area contributed by atoms with Crippen molar-refractivity contribution in [1.82, 2.24) is 5.32 Å². The predicted molar refractivity (Wildman–Crippen MR) is 89.2 cm³/mol. The lowest BCUT2D eigenvalue weighted by Gasteiger charge is -2.31. The van der Waals surface area contributed by atoms with Gasteiger partial charge in [-0.25, -0.2) is 0 Å². The molecule has 0 atom stereocenters. The molecule has 1 amide bonds. The Morgan fingerprint density at radius 3 is 2.96 bits per heavy atom. The summed E-state index contributed by atoms with van der Waals surface area (Å²) in [6.45, 7) is 5.39. The van der Waals surface area contributed by atoms with Gasteiger partial charge in [0, 0.05) is 25.3 Å². The van der Waals surface area contributed by atoms with E-state index in [1.807, 2.05) is 0 Å². The minimum Gasteiger partial charge on any atom is -0.491 e. The third-order valence-corrected chi connectivity index (χ3v) is 4.27. The first kappa shape index (κ1) is 15.7. The van der Waals surface area contributed by atoms with E-state index < -0.39 is 0 Å². The van der Waals surface area contributed by atoms with Gasteiger partial charge in [-0.1, -0.05) is 18.2 Å². The van der Waals surface area contributed by atoms with Crippen LogP contribution in [0.2, 0.25) is 0 Å². The van der Waals surface area contributed by atoms with Gasteiger partial charge in [0.25, 0.3) is 5.91 Å². The molecule has 1 aromatic carbocycles. The van der Waals surface area contributed by atoms with Gasteiger partial charge in [-0.15, -0.1) is 0 Å². The largest absolute Gasteiger partial charge is 0.491 e. The van der Waals surface area contributed by atoms with Gasteiger partial charge < -0.3 is 19.7 Å². The van der Waals surface area contributed by atoms with Crippen molar-refractivity contribution >= 4 is 11.6 Å². The molecule has 0 saturated heterocycles. The molecule has 2 aliphatic heterocycles. The molecule has 0 aromatic heterocycles. The zero-order chi connectivity index (χ0) is 16.1. The Hall–Kier alpha value is -2.17. The molecule has 1 N–H and O–H groups in total. The molecule has 1 aromatic rings. The van der Waals surface area contributed by atoms with Gasteiger partial charge in [0.05, 0.1) is 0 Å². The summed E-state index contributed by atoms with van der Waals surface area (Å²) in [6.07, 6.45) is 3.27. The van der Waals surface area contributed by atoms with Crippen molar-refractivity contribution in [3.8, 4) is 0 Å². The summed E-state index contributed by atoms with van der Waals surface area (Å²) in [7, 11) is 0. The minimum atomic E-state index is -0.179. The average Bonchev–Trinajstić information content (AvgIpc) is 2.59. The molecule has 2 aliphatic rings. The second kappa shape index (κ2) is 7.40. The number of allylic oxidation sites excluding steroid dienone is 1. The number of benzene rings is 1. The number of nitrogens with zero attached hydrogens (tertiary/aromatic N) is 1. The van der Waals surface area contributed by atoms with Crippen molar-refractivity contribution in [2.45, 2.75) is 26.2 Å². The van der Waals surface area contributed by atoms with E-state index >= 15 is 0 Å². The van der Waals surface area contributed by atoms with Crippen LogP contribution in [0.15, 0.2) is 35.8 Å². The van der Waals surface area contributed by atoms with Gasteiger partial charge in [-0.05, 0) is 37.8 Å². The molecular weight excluding hydrogens is 292 g/mol. The topological polar surface area (TPSA) is 50.8 Å². The summed E-state index contributed by atoms with van der Waals surface area (Å²) in [4.78, 5) is 14.5. The van der Waals surface area contributed by atoms with Crippen LogP contribution < -0.4 is 10.2 Å². The molecule has 0 fully saturated rings. The first-order valence-electron chi connectivity index (χ1n) is 8.33. The zero-order valence-electron chi connectivity index (χ0n) is 13.6. The van der Waals surface area contributed by atoms with E-state index in [2.05, 4.69) is 34.5 Å². The number of rotatable bonds is 5. The summed E-state index contributed by atoms with van der Waals surface area (Å²) in [5.41, 5.74) is 2.77. The summed E-state index contributed by atoms with van der Waals surface area (Å²) < 4.78 is 10.7. The van der Waals surface area contributed by atoms with Crippen LogP contribution in [-0.4, -0.2) is 38.8 Å². The van der Waals surface area contributed by atoms with E-state index in [0.717, 1.165) is 25.9 Å². The van der Waals surface area contributed by atoms with Gasteiger partial charge >= 0.3 is 0 Å². The van der Waals surface area contributed by atoms with Crippen LogP contribution in [0.4, 0.5) is 5.69 Å². The van der Waals surface area contributed by atoms with Crippen molar-refractivity contribution in [1.29, 1.82) is 0 Å². The number of aryl methyl sites for hydroxylation is 1. The Morgan fingerprint density at radius 2 is 2.09 bits per heavy atom. The van der Waals surface area contributed by atoms with Gasteiger partial charge in [-0.2, -0.15) is 0 Å². The Labute approximate surface area is 137 Å². The molecule has 0 unspecified atom stereocenters. The summed E-state index contributed by atoms with van der Waals surface area (Å²) in [5, 5.41) is 2.92. The van der Waals surface area contributed by atoms with Gasteiger partial charge in [0.1, 0.15) is 19.0 Å². The molecule has 3 rings (SSSR count). The Bertz CT molecular complexity index is 598. The van der Waals surface area contributed by atoms with E-state index in [1.54, 1.807) is 6.92 Å². The molecule has 0 aliphatic carbocycles. The highest BCUT2D eigenvalue weighted by molar-refractivity contribution is 5.91. The highest BCUT2D eigenvalue weighted by Gasteiger charge is 2.20. The lowest BCUT2D eigenvalue weighted by Crippen LogP contribution is -2.34. The number of nitrogens with one attached hydrogen (secondary N) is 1. The molecule has 0 radical (unpaired) electrons. The van der Waals surface area contributed by atoms with Crippen LogP contribution in [0.1, 0.15) is 25.3 Å². The molecule has 0 spiro atoms. The van der Waals surface area contributed by atoms with Crippen molar-refractivity contribution < 1.29 is 14.3 Å². The van der Waals surface area contributed by atoms with E-state index in [0.29, 0.717) is 31.3 Å². The highest BCUT2D eigenvalue weighted by Crippen LogP contribution is 2.26. The molecule has 2 heterocycles. The SMILES string of the molecule is CC1=C(C(=O)NCCCN2CCCc3ccccc32)OCCO1. The smallest absolute Gasteiger partial charge is 0.289 e. The highest BCUT2D eigenvalue weighted by atomic mass is 16.6. The first-order valence-corrected chi connectivity index (χ1v) is 8.33. The number of carbonyl (C=O) groups excluding carboxylic acids is 1. The lowest BCUT2D eigenvalue weighted by atomic mass is 10.0. The number of carbonyl (C=O) groups is 1. The molecule has 23 heavy (non-hydrogen) atoms. The van der Waals surface area contributed by atoms with Crippen LogP contribution in [0, 0.1) is 0 Å². The lowest BCUT2D eigenvalue weighted by molar-refractivity contribution is -0.122. The number of fused-ring (bicyclic) bond motifs is 1. The fourth-order valence-electron chi connectivity index (χ4n) is 3.13. The van der Waals surface area contributed by atoms with Gasteiger partial charge in [0.2, 0.25) is 5.76 Å². The normalized spacial score (nSPS) is 17.2. The summed E-state index contributed by atoms with van der Waals surface area (Å²) in [6, 6.07) is 8.59. The Balaban J connectivity index is 1.47. The molecule has 0 saturated carbocycles. The second-order valence-electron chi connectivity index (χ2n) is 5.91. The number of hydrogen-bond acceptors (Lipinski definition) is 4. The number of ether oxygens (including phenoxy) is 2. The molecule has 5 nitrogen and oxygen atoms in total. The van der Waals surface area contributed by atoms with Gasteiger partial charge in [-0.3, -0.25) is 4.79 Å². The maximum atomic E-state index is 12.1. The van der Waals surface area contributed by atoms with Crippen molar-refractivity contribution in [3.05, 3.63) is 41.3 Å². The van der Waals surface area contributed by atoms with Crippen LogP contribution in [0.25, 0.3) is 0 Å². The van der Waals surface area contributed by atoms with E-state index in [1.165, 1.54) is 17.7 Å². The number of amides is 1. The standard InChI is InChI=1S/C18H24N2O3/c1-14-17(23-13-12-22-14)18(21)19-9-5-11-20-10-4-7-15-6-2-3-8-16(15)20/h2-3,6,8H,4-5,7,9-13H2,1H3,(H,19,21). The third-order valence-electron chi connectivity index (χ3n) is 4.27. The van der Waals surface area contributed by atoms with Crippen LogP contribution in [-0.2, 0) is 20.7 Å². The molecule has 124 valence electrons. The quantitative estimate of drug-likeness (QED) is 0.846. The van der Waals surface area contributed by atoms with E-state index in [-0.39, 0.29) is 5.91 Å². The van der Waals surface area contributed by atoms with Crippen molar-refractivity contribution in [2.24, 2.45) is 0 Å². The molecule has 5 heteroatoms. The molecule has 0 bridgehead atoms. The first-order chi connectivity index (χ1) is 11.3. The van der Waals surface area contributed by atoms with Crippen LogP contribution in [0.5, 0.6) is 0 Å². The fourth-order valence-corrected chi connectivity index (χ4v) is 3.13. The monoisotopic (exact) mass is 316 g/mol. The zero-order valence-corrected chi connectivity index (χ0v) is 13.6. The minimum absolute atomic E-state index is 0.179. The Kier molecular flexibility index (Phi) is 5.05. The maximum Gasteiger partial charge on any atom is 0.289 e. The summed E-state index contributed by atoms with van der Waals surface area (Å²) >= 11 is 0. The van der Waals surface area contributed by atoms with Crippen LogP contribution >= 0.6 is 0 Å². The summed E-state index contributed by atoms with van der Waals surface area (Å²) in [5.74, 6) is 0.708.